The van der Waals surface area contributed by atoms with Gasteiger partial charge in [-0.1, -0.05) is 0 Å². The molecule has 0 fully saturated rings. The largest absolute Gasteiger partial charge is 0.493 e. The van der Waals surface area contributed by atoms with Gasteiger partial charge in [0.05, 0.1) is 34.2 Å². The first-order valence-electron chi connectivity index (χ1n) is 10.1. The third-order valence-corrected chi connectivity index (χ3v) is 5.82. The highest BCUT2D eigenvalue weighted by molar-refractivity contribution is 6.17. The molecule has 0 atom stereocenters. The summed E-state index contributed by atoms with van der Waals surface area (Å²) >= 11 is 0. The van der Waals surface area contributed by atoms with Crippen LogP contribution in [0.3, 0.4) is 0 Å². The number of rotatable bonds is 5. The van der Waals surface area contributed by atoms with Crippen LogP contribution in [-0.2, 0) is 12.8 Å². The van der Waals surface area contributed by atoms with Gasteiger partial charge in [0.2, 0.25) is 0 Å². The minimum atomic E-state index is 0.715. The Morgan fingerprint density at radius 2 is 1.30 bits per heavy atom. The van der Waals surface area contributed by atoms with Crippen molar-refractivity contribution in [2.75, 3.05) is 41.5 Å². The summed E-state index contributed by atoms with van der Waals surface area (Å²) in [4.78, 5) is 4.89. The van der Waals surface area contributed by atoms with Gasteiger partial charge in [0.15, 0.2) is 23.0 Å². The monoisotopic (exact) mass is 408 g/mol. The number of methoxy groups -OCH3 is 4. The lowest BCUT2D eigenvalue weighted by Gasteiger charge is -2.27. The van der Waals surface area contributed by atoms with E-state index in [9.17, 15) is 0 Å². The summed E-state index contributed by atoms with van der Waals surface area (Å²) in [7, 11) is 6.66. The van der Waals surface area contributed by atoms with Gasteiger partial charge in [-0.2, -0.15) is 0 Å². The number of hydrogen-bond acceptors (Lipinski definition) is 6. The second-order valence-corrected chi connectivity index (χ2v) is 7.39. The topological polar surface area (TPSA) is 61.3 Å². The summed E-state index contributed by atoms with van der Waals surface area (Å²) in [5.74, 6) is 2.95. The zero-order valence-corrected chi connectivity index (χ0v) is 18.2. The van der Waals surface area contributed by atoms with Gasteiger partial charge >= 0.3 is 0 Å². The summed E-state index contributed by atoms with van der Waals surface area (Å²) in [5.41, 5.74) is 7.87. The van der Waals surface area contributed by atoms with Gasteiger partial charge in [0.1, 0.15) is 0 Å². The zero-order chi connectivity index (χ0) is 21.3. The predicted molar refractivity (Wildman–Crippen MR) is 119 cm³/mol. The molecule has 158 valence electrons. The molecule has 4 rings (SSSR count). The number of aliphatic imine (C=N–C) groups is 1. The van der Waals surface area contributed by atoms with Gasteiger partial charge in [-0.25, -0.2) is 0 Å². The molecule has 0 unspecified atom stereocenters. The van der Waals surface area contributed by atoms with Crippen LogP contribution in [0.4, 0.5) is 0 Å². The van der Waals surface area contributed by atoms with Crippen molar-refractivity contribution in [2.24, 2.45) is 4.99 Å². The van der Waals surface area contributed by atoms with Crippen LogP contribution >= 0.6 is 0 Å². The van der Waals surface area contributed by atoms with Crippen LogP contribution < -0.4 is 24.3 Å². The fourth-order valence-electron chi connectivity index (χ4n) is 4.27. The van der Waals surface area contributed by atoms with E-state index in [-0.39, 0.29) is 0 Å². The van der Waals surface area contributed by atoms with E-state index >= 15 is 0 Å². The molecule has 2 heterocycles. The molecular weight excluding hydrogens is 380 g/mol. The highest BCUT2D eigenvalue weighted by Crippen LogP contribution is 2.38. The van der Waals surface area contributed by atoms with Gasteiger partial charge in [-0.15, -0.1) is 0 Å². The van der Waals surface area contributed by atoms with Crippen molar-refractivity contribution >= 4 is 11.4 Å². The van der Waals surface area contributed by atoms with Crippen molar-refractivity contribution in [3.8, 4) is 23.0 Å². The lowest BCUT2D eigenvalue weighted by molar-refractivity contribution is 0.354. The summed E-state index contributed by atoms with van der Waals surface area (Å²) in [5, 5.41) is 3.59. The lowest BCUT2D eigenvalue weighted by atomic mass is 9.88. The molecule has 1 N–H and O–H groups in total. The maximum absolute atomic E-state index is 5.55. The molecule has 2 aliphatic rings. The zero-order valence-electron chi connectivity index (χ0n) is 18.2. The minimum absolute atomic E-state index is 0.715. The molecule has 30 heavy (non-hydrogen) atoms. The van der Waals surface area contributed by atoms with E-state index in [0.717, 1.165) is 71.3 Å². The lowest BCUT2D eigenvalue weighted by Crippen LogP contribution is -2.26. The number of nitrogens with one attached hydrogen (secondary N) is 1. The van der Waals surface area contributed by atoms with Crippen molar-refractivity contribution in [1.29, 1.82) is 0 Å². The molecule has 0 saturated heterocycles. The van der Waals surface area contributed by atoms with E-state index in [4.69, 9.17) is 23.9 Å². The fourth-order valence-corrected chi connectivity index (χ4v) is 4.27. The average molecular weight is 408 g/mol. The molecule has 6 nitrogen and oxygen atoms in total. The van der Waals surface area contributed by atoms with Crippen molar-refractivity contribution in [1.82, 2.24) is 5.32 Å². The highest BCUT2D eigenvalue weighted by Gasteiger charge is 2.25. The van der Waals surface area contributed by atoms with Crippen LogP contribution in [0.5, 0.6) is 23.0 Å². The first-order chi connectivity index (χ1) is 14.6. The Labute approximate surface area is 177 Å². The van der Waals surface area contributed by atoms with E-state index in [1.54, 1.807) is 28.4 Å². The molecule has 0 aliphatic carbocycles. The van der Waals surface area contributed by atoms with E-state index in [0.29, 0.717) is 5.75 Å². The molecule has 0 amide bonds. The van der Waals surface area contributed by atoms with Crippen LogP contribution in [0.1, 0.15) is 29.2 Å². The van der Waals surface area contributed by atoms with E-state index < -0.39 is 0 Å². The molecule has 0 radical (unpaired) electrons. The van der Waals surface area contributed by atoms with Gasteiger partial charge in [-0.3, -0.25) is 4.99 Å². The number of nitrogens with zero attached hydrogens (tertiary/aromatic N) is 1. The van der Waals surface area contributed by atoms with Crippen LogP contribution in [0.15, 0.2) is 34.8 Å². The Balaban J connectivity index is 1.85. The van der Waals surface area contributed by atoms with Crippen molar-refractivity contribution in [3.63, 3.8) is 0 Å². The molecule has 2 aromatic carbocycles. The third-order valence-electron chi connectivity index (χ3n) is 5.82. The Morgan fingerprint density at radius 1 is 0.767 bits per heavy atom. The van der Waals surface area contributed by atoms with Crippen LogP contribution in [-0.4, -0.2) is 47.2 Å². The molecular formula is C24H28N2O4. The summed E-state index contributed by atoms with van der Waals surface area (Å²) < 4.78 is 22.1. The number of fused-ring (bicyclic) bond motifs is 2. The number of benzene rings is 2. The number of hydrogen-bond donors (Lipinski definition) is 1. The van der Waals surface area contributed by atoms with Crippen molar-refractivity contribution in [2.45, 2.75) is 19.8 Å². The quantitative estimate of drug-likeness (QED) is 0.818. The Kier molecular flexibility index (Phi) is 5.57. The average Bonchev–Trinajstić information content (AvgIpc) is 2.80. The second kappa shape index (κ2) is 8.30. The maximum Gasteiger partial charge on any atom is 0.161 e. The summed E-state index contributed by atoms with van der Waals surface area (Å²) in [6, 6.07) is 8.23. The van der Waals surface area contributed by atoms with Crippen LogP contribution in [0, 0.1) is 0 Å². The Hall–Kier alpha value is -3.15. The Bertz CT molecular complexity index is 1040. The van der Waals surface area contributed by atoms with Crippen molar-refractivity contribution < 1.29 is 18.9 Å². The van der Waals surface area contributed by atoms with E-state index in [1.807, 2.05) is 6.07 Å². The predicted octanol–water partition coefficient (Wildman–Crippen LogP) is 3.64. The Morgan fingerprint density at radius 3 is 1.90 bits per heavy atom. The van der Waals surface area contributed by atoms with Gasteiger partial charge in [0, 0.05) is 29.9 Å². The molecule has 6 heteroatoms. The minimum Gasteiger partial charge on any atom is -0.493 e. The van der Waals surface area contributed by atoms with E-state index in [2.05, 4.69) is 30.4 Å². The first kappa shape index (κ1) is 20.1. The maximum atomic E-state index is 5.55. The van der Waals surface area contributed by atoms with Crippen molar-refractivity contribution in [3.05, 3.63) is 52.1 Å². The number of ether oxygens (including phenoxy) is 4. The standard InChI is InChI=1S/C24H28N2O4/c1-14(23-17-12-21(29-4)19(27-2)10-15(17)6-8-25-23)24-18-13-22(30-5)20(28-3)11-16(18)7-9-26-24/h10-13,25H,6-9H2,1-5H3/b23-14+. The molecule has 2 aliphatic heterocycles. The molecule has 0 spiro atoms. The van der Waals surface area contributed by atoms with E-state index in [1.165, 1.54) is 11.1 Å². The normalized spacial score (nSPS) is 16.5. The van der Waals surface area contributed by atoms with Gasteiger partial charge < -0.3 is 24.3 Å². The molecule has 0 aromatic heterocycles. The third kappa shape index (κ3) is 3.36. The first-order valence-corrected chi connectivity index (χ1v) is 10.1. The molecule has 2 aromatic rings. The van der Waals surface area contributed by atoms with Gasteiger partial charge in [-0.05, 0) is 60.7 Å². The molecule has 0 saturated carbocycles. The summed E-state index contributed by atoms with van der Waals surface area (Å²) in [6.45, 7) is 3.74. The van der Waals surface area contributed by atoms with Gasteiger partial charge in [0.25, 0.3) is 0 Å². The number of allylic oxidation sites excluding steroid dienone is 1. The highest BCUT2D eigenvalue weighted by atomic mass is 16.5. The smallest absolute Gasteiger partial charge is 0.161 e. The summed E-state index contributed by atoms with van der Waals surface area (Å²) in [6.07, 6.45) is 1.82. The SMILES string of the molecule is COc1cc2c(cc1OC)C(/C(C)=C1/NCCc3cc(OC)c(OC)cc31)=NCC2. The van der Waals surface area contributed by atoms with Crippen LogP contribution in [0.2, 0.25) is 0 Å². The fraction of sp³-hybridized carbons (Fsp3) is 0.375. The second-order valence-electron chi connectivity index (χ2n) is 7.39. The molecule has 0 bridgehead atoms. The van der Waals surface area contributed by atoms with Crippen LogP contribution in [0.25, 0.3) is 5.70 Å².